The van der Waals surface area contributed by atoms with Crippen molar-refractivity contribution in [3.63, 3.8) is 0 Å². The Balaban J connectivity index is 2.68. The normalized spacial score (nSPS) is 12.1. The first-order valence-corrected chi connectivity index (χ1v) is 4.61. The molecule has 3 nitrogen and oxygen atoms in total. The van der Waals surface area contributed by atoms with Crippen LogP contribution in [0.15, 0.2) is 24.3 Å². The number of carbonyl (C=O) groups excluding carboxylic acids is 1. The van der Waals surface area contributed by atoms with Gasteiger partial charge >= 0.3 is 0 Å². The van der Waals surface area contributed by atoms with Crippen molar-refractivity contribution in [2.45, 2.75) is 26.4 Å². The minimum Gasteiger partial charge on any atom is -0.545 e. The molecule has 0 saturated heterocycles. The second-order valence-electron chi connectivity index (χ2n) is 3.15. The minimum absolute atomic E-state index is 0.142. The third-order valence-corrected chi connectivity index (χ3v) is 2.00. The second kappa shape index (κ2) is 4.65. The smallest absolute Gasteiger partial charge is 0.119 e. The van der Waals surface area contributed by atoms with Crippen LogP contribution in [0.3, 0.4) is 0 Å². The van der Waals surface area contributed by atoms with Crippen molar-refractivity contribution in [1.82, 2.24) is 0 Å². The van der Waals surface area contributed by atoms with Crippen LogP contribution in [-0.2, 0) is 0 Å². The van der Waals surface area contributed by atoms with E-state index in [1.165, 1.54) is 12.1 Å². The Morgan fingerprint density at radius 2 is 2.00 bits per heavy atom. The molecule has 0 radical (unpaired) electrons. The molecule has 0 heterocycles. The number of carboxylic acids is 1. The Labute approximate surface area is 83.3 Å². The quantitative estimate of drug-likeness (QED) is 0.722. The molecule has 1 aromatic rings. The molecule has 76 valence electrons. The molecule has 0 N–H and O–H groups in total. The van der Waals surface area contributed by atoms with Gasteiger partial charge in [-0.2, -0.15) is 0 Å². The highest BCUT2D eigenvalue weighted by molar-refractivity contribution is 5.85. The van der Waals surface area contributed by atoms with Gasteiger partial charge in [0, 0.05) is 0 Å². The molecule has 0 aliphatic heterocycles. The van der Waals surface area contributed by atoms with E-state index < -0.39 is 5.97 Å². The monoisotopic (exact) mass is 193 g/mol. The van der Waals surface area contributed by atoms with Crippen LogP contribution >= 0.6 is 0 Å². The SMILES string of the molecule is CC[C@@H](C)Oc1ccc(C(=O)[O-])cc1. The van der Waals surface area contributed by atoms with Crippen molar-refractivity contribution < 1.29 is 14.6 Å². The molecule has 0 spiro atoms. The Morgan fingerprint density at radius 3 is 2.43 bits per heavy atom. The molecule has 1 atom stereocenters. The van der Waals surface area contributed by atoms with E-state index in [4.69, 9.17) is 4.74 Å². The average molecular weight is 193 g/mol. The van der Waals surface area contributed by atoms with E-state index in [1.807, 2.05) is 13.8 Å². The number of hydrogen-bond donors (Lipinski definition) is 0. The van der Waals surface area contributed by atoms with Crippen molar-refractivity contribution >= 4 is 5.97 Å². The Morgan fingerprint density at radius 1 is 1.43 bits per heavy atom. The Hall–Kier alpha value is -1.51. The maximum absolute atomic E-state index is 10.4. The lowest BCUT2D eigenvalue weighted by Crippen LogP contribution is -2.22. The zero-order valence-electron chi connectivity index (χ0n) is 8.32. The fourth-order valence-corrected chi connectivity index (χ4v) is 0.985. The van der Waals surface area contributed by atoms with Gasteiger partial charge in [-0.1, -0.05) is 6.92 Å². The predicted octanol–water partition coefficient (Wildman–Crippen LogP) is 1.23. The van der Waals surface area contributed by atoms with Gasteiger partial charge in [0.2, 0.25) is 0 Å². The van der Waals surface area contributed by atoms with E-state index in [9.17, 15) is 9.90 Å². The molecule has 0 aliphatic rings. The molecule has 0 aromatic heterocycles. The summed E-state index contributed by atoms with van der Waals surface area (Å²) in [5, 5.41) is 10.4. The summed E-state index contributed by atoms with van der Waals surface area (Å²) in [4.78, 5) is 10.4. The van der Waals surface area contributed by atoms with Gasteiger partial charge in [0.25, 0.3) is 0 Å². The highest BCUT2D eigenvalue weighted by atomic mass is 16.5. The molecule has 0 bridgehead atoms. The fourth-order valence-electron chi connectivity index (χ4n) is 0.985. The third kappa shape index (κ3) is 2.76. The van der Waals surface area contributed by atoms with Gasteiger partial charge in [-0.05, 0) is 43.2 Å². The number of ether oxygens (including phenoxy) is 1. The van der Waals surface area contributed by atoms with Crippen LogP contribution in [0.25, 0.3) is 0 Å². The zero-order chi connectivity index (χ0) is 10.6. The highest BCUT2D eigenvalue weighted by Gasteiger charge is 2.00. The van der Waals surface area contributed by atoms with Crippen LogP contribution in [0.5, 0.6) is 5.75 Å². The molecular formula is C11H13O3-. The number of aromatic carboxylic acids is 1. The van der Waals surface area contributed by atoms with Crippen molar-refractivity contribution in [2.75, 3.05) is 0 Å². The summed E-state index contributed by atoms with van der Waals surface area (Å²) in [5.74, 6) is -0.482. The fraction of sp³-hybridized carbons (Fsp3) is 0.364. The summed E-state index contributed by atoms with van der Waals surface area (Å²) in [6.45, 7) is 3.99. The van der Waals surface area contributed by atoms with E-state index in [-0.39, 0.29) is 11.7 Å². The maximum Gasteiger partial charge on any atom is 0.119 e. The number of carboxylic acid groups (broad SMARTS) is 1. The number of hydrogen-bond acceptors (Lipinski definition) is 3. The lowest BCUT2D eigenvalue weighted by molar-refractivity contribution is -0.255. The average Bonchev–Trinajstić information content (AvgIpc) is 2.18. The lowest BCUT2D eigenvalue weighted by atomic mass is 10.2. The first kappa shape index (κ1) is 10.6. The van der Waals surface area contributed by atoms with Gasteiger partial charge < -0.3 is 14.6 Å². The molecule has 0 fully saturated rings. The van der Waals surface area contributed by atoms with E-state index >= 15 is 0 Å². The van der Waals surface area contributed by atoms with Gasteiger partial charge in [0.05, 0.1) is 12.1 Å². The second-order valence-corrected chi connectivity index (χ2v) is 3.15. The van der Waals surface area contributed by atoms with Gasteiger partial charge in [0.15, 0.2) is 0 Å². The van der Waals surface area contributed by atoms with Crippen LogP contribution in [0.1, 0.15) is 30.6 Å². The molecular weight excluding hydrogens is 180 g/mol. The molecule has 3 heteroatoms. The molecule has 1 aromatic carbocycles. The van der Waals surface area contributed by atoms with Gasteiger partial charge in [-0.15, -0.1) is 0 Å². The topological polar surface area (TPSA) is 49.4 Å². The molecule has 0 unspecified atom stereocenters. The van der Waals surface area contributed by atoms with Crippen molar-refractivity contribution in [1.29, 1.82) is 0 Å². The Bertz CT molecular complexity index is 303. The van der Waals surface area contributed by atoms with Gasteiger partial charge in [0.1, 0.15) is 5.75 Å². The minimum atomic E-state index is -1.17. The summed E-state index contributed by atoms with van der Waals surface area (Å²) in [6.07, 6.45) is 1.06. The van der Waals surface area contributed by atoms with Crippen LogP contribution in [-0.4, -0.2) is 12.1 Å². The predicted molar refractivity (Wildman–Crippen MR) is 51.2 cm³/mol. The number of carbonyl (C=O) groups is 1. The summed E-state index contributed by atoms with van der Waals surface area (Å²) in [6, 6.07) is 6.23. The molecule has 0 aliphatic carbocycles. The van der Waals surface area contributed by atoms with E-state index in [2.05, 4.69) is 0 Å². The lowest BCUT2D eigenvalue weighted by Gasteiger charge is -2.12. The summed E-state index contributed by atoms with van der Waals surface area (Å²) in [5.41, 5.74) is 0.168. The van der Waals surface area contributed by atoms with E-state index in [0.717, 1.165) is 6.42 Å². The molecule has 0 amide bonds. The highest BCUT2D eigenvalue weighted by Crippen LogP contribution is 2.14. The molecule has 0 saturated carbocycles. The van der Waals surface area contributed by atoms with Crippen LogP contribution in [0, 0.1) is 0 Å². The maximum atomic E-state index is 10.4. The summed E-state index contributed by atoms with van der Waals surface area (Å²) in [7, 11) is 0. The Kier molecular flexibility index (Phi) is 3.51. The summed E-state index contributed by atoms with van der Waals surface area (Å²) >= 11 is 0. The molecule has 1 rings (SSSR count). The van der Waals surface area contributed by atoms with Gasteiger partial charge in [-0.3, -0.25) is 0 Å². The first-order valence-electron chi connectivity index (χ1n) is 4.61. The van der Waals surface area contributed by atoms with Crippen LogP contribution in [0.2, 0.25) is 0 Å². The van der Waals surface area contributed by atoms with Crippen molar-refractivity contribution in [3.05, 3.63) is 29.8 Å². The first-order chi connectivity index (χ1) is 6.63. The van der Waals surface area contributed by atoms with Crippen molar-refractivity contribution in [3.8, 4) is 5.75 Å². The standard InChI is InChI=1S/C11H14O3/c1-3-8(2)14-10-6-4-9(5-7-10)11(12)13/h4-8H,3H2,1-2H3,(H,12,13)/p-1/t8-/m1/s1. The van der Waals surface area contributed by atoms with Crippen LogP contribution in [0.4, 0.5) is 0 Å². The zero-order valence-corrected chi connectivity index (χ0v) is 8.32. The van der Waals surface area contributed by atoms with Gasteiger partial charge in [-0.25, -0.2) is 0 Å². The number of rotatable bonds is 4. The summed E-state index contributed by atoms with van der Waals surface area (Å²) < 4.78 is 5.48. The number of benzene rings is 1. The third-order valence-electron chi connectivity index (χ3n) is 2.00. The molecule has 14 heavy (non-hydrogen) atoms. The largest absolute Gasteiger partial charge is 0.545 e. The van der Waals surface area contributed by atoms with E-state index in [0.29, 0.717) is 5.75 Å². The van der Waals surface area contributed by atoms with E-state index in [1.54, 1.807) is 12.1 Å². The van der Waals surface area contributed by atoms with Crippen LogP contribution < -0.4 is 9.84 Å². The van der Waals surface area contributed by atoms with Crippen molar-refractivity contribution in [2.24, 2.45) is 0 Å².